The Morgan fingerprint density at radius 1 is 0.607 bits per heavy atom. The van der Waals surface area contributed by atoms with Crippen molar-refractivity contribution in [2.75, 3.05) is 53.7 Å². The van der Waals surface area contributed by atoms with E-state index in [1.807, 2.05) is 124 Å². The molecule has 8 rings (SSSR count). The lowest BCUT2D eigenvalue weighted by Gasteiger charge is -2.35. The third-order valence-corrected chi connectivity index (χ3v) is 15.6. The average molecular weight is 1360 g/mol. The number of ether oxygens (including phenoxy) is 6. The number of carboxylic acids is 1. The van der Waals surface area contributed by atoms with Gasteiger partial charge >= 0.3 is 30.1 Å². The SMILES string of the molecule is CC(C)(CO)COC(=O)N[C@H](C(=O)O)C(C)(C)C.COC(=O)[C@@H]1C[C@@H](Oc2nc3ccccc3cc2-c2cccc(Br)c2)CN1.COC(=O)[C@@H]1C[C@@H](Oc2nc3ccccc3cc2-c2cccc(Br)c2)CN1C(=O)[C@@H](NC(=O)OCC(C)(C)CO)C(C)(C)C. The standard InChI is InChI=1S/C33H40BrN3O7.C21H19BrN2O3.C12H23NO5/c1-32(2,3)27(36-31(41)43-19-33(4,5)18-38)29(39)37-17-23(16-26(37)30(40)42-6)44-28-24(20-11-9-12-22(34)14-20)15-21-10-7-8-13-25(21)35-28;1-26-21(25)19-11-16(12-23-19)27-20-17(13-6-4-7-15(22)9-13)10-14-5-2-3-8-18(14)24-20;1-11(2,3)8(9(15)16)13-10(17)18-7-12(4,5)6-14/h7-15,23,26-27,38H,16-19H2,1-6H3,(H,36,41);2-10,16,19,23H,11-12H2,1H3;8,14H,6-7H2,1-5H3,(H,13,17)(H,15,16)/t23-,26+,27-;16-,19+;8-/m111/s1. The molecule has 6 N–H and O–H groups in total. The molecule has 4 aromatic carbocycles. The smallest absolute Gasteiger partial charge is 0.407 e. The molecule has 2 saturated heterocycles. The van der Waals surface area contributed by atoms with E-state index >= 15 is 0 Å². The summed E-state index contributed by atoms with van der Waals surface area (Å²) >= 11 is 7.07. The van der Waals surface area contributed by atoms with Crippen LogP contribution in [0.25, 0.3) is 44.1 Å². The molecule has 0 saturated carbocycles. The molecule has 2 aliphatic rings. The lowest BCUT2D eigenvalue weighted by atomic mass is 9.85. The number of carbonyl (C=O) groups is 6. The van der Waals surface area contributed by atoms with E-state index in [4.69, 9.17) is 48.6 Å². The minimum atomic E-state index is -1.11. The number of carboxylic acid groups (broad SMARTS) is 1. The maximum atomic E-state index is 14.0. The number of nitrogens with zero attached hydrogens (tertiary/aromatic N) is 3. The van der Waals surface area contributed by atoms with Gasteiger partial charge in [-0.1, -0.05) is 162 Å². The van der Waals surface area contributed by atoms with Crippen LogP contribution in [0.4, 0.5) is 9.59 Å². The fraction of sp³-hybridized carbons (Fsp3) is 0.455. The van der Waals surface area contributed by atoms with Gasteiger partial charge < -0.3 is 64.6 Å². The highest BCUT2D eigenvalue weighted by Crippen LogP contribution is 2.38. The number of methoxy groups -OCH3 is 2. The molecular weight excluding hydrogens is 1280 g/mol. The third kappa shape index (κ3) is 20.0. The van der Waals surface area contributed by atoms with E-state index in [-0.39, 0.29) is 57.5 Å². The number of fused-ring (bicyclic) bond motifs is 2. The number of halogens is 2. The van der Waals surface area contributed by atoms with Crippen LogP contribution in [0.5, 0.6) is 11.8 Å². The molecule has 0 radical (unpaired) electrons. The predicted octanol–water partition coefficient (Wildman–Crippen LogP) is 10.5. The Balaban J connectivity index is 0.000000237. The third-order valence-electron chi connectivity index (χ3n) is 14.6. The van der Waals surface area contributed by atoms with E-state index in [1.165, 1.54) is 19.1 Å². The molecule has 2 aromatic heterocycles. The predicted molar refractivity (Wildman–Crippen MR) is 344 cm³/mol. The molecule has 23 heteroatoms. The fourth-order valence-corrected chi connectivity index (χ4v) is 10.2. The van der Waals surface area contributed by atoms with Gasteiger partial charge in [0.1, 0.15) is 49.6 Å². The maximum absolute atomic E-state index is 14.0. The Bertz CT molecular complexity index is 3460. The van der Waals surface area contributed by atoms with Gasteiger partial charge in [-0.05, 0) is 70.5 Å². The minimum absolute atomic E-state index is 0.0197. The number of aliphatic hydroxyl groups excluding tert-OH is 2. The number of likely N-dealkylation sites (tertiary alicyclic amines) is 1. The van der Waals surface area contributed by atoms with E-state index in [1.54, 1.807) is 48.5 Å². The zero-order valence-electron chi connectivity index (χ0n) is 52.4. The molecule has 4 heterocycles. The number of esters is 2. The molecule has 3 amide bonds. The second-order valence-corrected chi connectivity index (χ2v) is 27.4. The minimum Gasteiger partial charge on any atom is -0.480 e. The van der Waals surface area contributed by atoms with Gasteiger partial charge in [-0.3, -0.25) is 9.59 Å². The molecule has 89 heavy (non-hydrogen) atoms. The number of para-hydroxylation sites is 2. The first-order valence-electron chi connectivity index (χ1n) is 29.0. The summed E-state index contributed by atoms with van der Waals surface area (Å²) in [7, 11) is 2.67. The number of hydrogen-bond acceptors (Lipinski definition) is 17. The fourth-order valence-electron chi connectivity index (χ4n) is 9.41. The summed E-state index contributed by atoms with van der Waals surface area (Å²) in [5, 5.41) is 37.7. The summed E-state index contributed by atoms with van der Waals surface area (Å²) in [5.41, 5.74) is 2.71. The molecule has 0 spiro atoms. The van der Waals surface area contributed by atoms with Crippen LogP contribution in [0.1, 0.15) is 82.1 Å². The van der Waals surface area contributed by atoms with Crippen molar-refractivity contribution in [3.63, 3.8) is 0 Å². The zero-order valence-corrected chi connectivity index (χ0v) is 55.5. The van der Waals surface area contributed by atoms with Crippen molar-refractivity contribution in [1.82, 2.24) is 30.8 Å². The number of aromatic nitrogens is 2. The highest BCUT2D eigenvalue weighted by atomic mass is 79.9. The normalized spacial score (nSPS) is 17.4. The lowest BCUT2D eigenvalue weighted by molar-refractivity contribution is -0.152. The highest BCUT2D eigenvalue weighted by molar-refractivity contribution is 9.10. The average Bonchev–Trinajstić information content (AvgIpc) is 2.02. The van der Waals surface area contributed by atoms with E-state index in [0.29, 0.717) is 24.7 Å². The Morgan fingerprint density at radius 2 is 1.06 bits per heavy atom. The van der Waals surface area contributed by atoms with Crippen molar-refractivity contribution in [3.8, 4) is 34.0 Å². The van der Waals surface area contributed by atoms with Crippen molar-refractivity contribution in [1.29, 1.82) is 0 Å². The summed E-state index contributed by atoms with van der Waals surface area (Å²) in [6, 6.07) is 32.3. The van der Waals surface area contributed by atoms with Crippen LogP contribution in [0.3, 0.4) is 0 Å². The second kappa shape index (κ2) is 30.9. The van der Waals surface area contributed by atoms with Crippen molar-refractivity contribution < 1.29 is 72.5 Å². The van der Waals surface area contributed by atoms with Crippen molar-refractivity contribution >= 4 is 89.7 Å². The van der Waals surface area contributed by atoms with E-state index in [2.05, 4.69) is 53.9 Å². The Labute approximate surface area is 536 Å². The molecule has 6 atom stereocenters. The van der Waals surface area contributed by atoms with E-state index < -0.39 is 75.9 Å². The number of benzene rings is 4. The number of amides is 3. The van der Waals surface area contributed by atoms with Crippen molar-refractivity contribution in [2.45, 2.75) is 118 Å². The number of alkyl carbamates (subject to hydrolysis) is 2. The Hall–Kier alpha value is -7.44. The van der Waals surface area contributed by atoms with Crippen LogP contribution in [0.15, 0.2) is 118 Å². The monoisotopic (exact) mass is 1360 g/mol. The van der Waals surface area contributed by atoms with Crippen LogP contribution >= 0.6 is 31.9 Å². The molecule has 21 nitrogen and oxygen atoms in total. The van der Waals surface area contributed by atoms with Crippen LogP contribution < -0.4 is 25.4 Å². The number of carbonyl (C=O) groups excluding carboxylic acids is 5. The summed E-state index contributed by atoms with van der Waals surface area (Å²) in [5.74, 6) is -1.46. The molecule has 6 aromatic rings. The first-order chi connectivity index (χ1) is 41.8. The van der Waals surface area contributed by atoms with Crippen LogP contribution in [-0.4, -0.2) is 156 Å². The van der Waals surface area contributed by atoms with Crippen LogP contribution in [0.2, 0.25) is 0 Å². The van der Waals surface area contributed by atoms with Gasteiger partial charge in [-0.25, -0.2) is 29.1 Å². The molecule has 0 unspecified atom stereocenters. The van der Waals surface area contributed by atoms with Gasteiger partial charge in [0.15, 0.2) is 0 Å². The van der Waals surface area contributed by atoms with Crippen LogP contribution in [-0.2, 0) is 38.1 Å². The van der Waals surface area contributed by atoms with Gasteiger partial charge in [0, 0.05) is 61.1 Å². The largest absolute Gasteiger partial charge is 0.480 e. The van der Waals surface area contributed by atoms with E-state index in [9.17, 15) is 33.9 Å². The van der Waals surface area contributed by atoms with Crippen LogP contribution in [0, 0.1) is 21.7 Å². The topological polar surface area (TPSA) is 284 Å². The van der Waals surface area contributed by atoms with Gasteiger partial charge in [0.05, 0.1) is 45.0 Å². The number of pyridine rings is 2. The summed E-state index contributed by atoms with van der Waals surface area (Å²) in [6.45, 7) is 17.9. The number of hydrogen-bond donors (Lipinski definition) is 6. The molecular formula is C66H82Br2N6O15. The number of aliphatic hydroxyl groups is 2. The number of nitrogens with one attached hydrogen (secondary N) is 3. The summed E-state index contributed by atoms with van der Waals surface area (Å²) < 4.78 is 34.7. The van der Waals surface area contributed by atoms with Crippen molar-refractivity contribution in [3.05, 3.63) is 118 Å². The van der Waals surface area contributed by atoms with E-state index in [0.717, 1.165) is 53.0 Å². The molecule has 480 valence electrons. The zero-order chi connectivity index (χ0) is 65.6. The molecule has 2 aliphatic heterocycles. The first kappa shape index (κ1) is 70.6. The molecule has 0 aliphatic carbocycles. The molecule has 0 bridgehead atoms. The van der Waals surface area contributed by atoms with Gasteiger partial charge in [0.25, 0.3) is 0 Å². The lowest BCUT2D eigenvalue weighted by Crippen LogP contribution is -2.57. The Kier molecular flexibility index (Phi) is 24.5. The number of aliphatic carboxylic acids is 1. The quantitative estimate of drug-likeness (QED) is 0.0344. The molecule has 2 fully saturated rings. The first-order valence-corrected chi connectivity index (χ1v) is 30.6. The second-order valence-electron chi connectivity index (χ2n) is 25.6. The highest BCUT2D eigenvalue weighted by Gasteiger charge is 2.47. The van der Waals surface area contributed by atoms with Crippen molar-refractivity contribution in [2.24, 2.45) is 21.7 Å². The van der Waals surface area contributed by atoms with Gasteiger partial charge in [0.2, 0.25) is 17.7 Å². The number of rotatable bonds is 18. The van der Waals surface area contributed by atoms with Gasteiger partial charge in [-0.2, -0.15) is 0 Å². The van der Waals surface area contributed by atoms with Gasteiger partial charge in [-0.15, -0.1) is 0 Å². The maximum Gasteiger partial charge on any atom is 0.407 e. The Morgan fingerprint density at radius 3 is 1.48 bits per heavy atom. The summed E-state index contributed by atoms with van der Waals surface area (Å²) in [6.07, 6.45) is -1.58. The summed E-state index contributed by atoms with van der Waals surface area (Å²) in [4.78, 5) is 85.0.